The van der Waals surface area contributed by atoms with E-state index in [4.69, 9.17) is 0 Å². The predicted octanol–water partition coefficient (Wildman–Crippen LogP) is 1.78. The molecule has 0 amide bonds. The van der Waals surface area contributed by atoms with E-state index in [1.165, 1.54) is 5.56 Å². The maximum absolute atomic E-state index is 4.17. The molecule has 0 spiro atoms. The zero-order chi connectivity index (χ0) is 8.81. The molecule has 64 valence electrons. The normalized spacial score (nSPS) is 11.8. The minimum Gasteiger partial charge on any atom is -0.323 e. The van der Waals surface area contributed by atoms with Crippen molar-refractivity contribution in [3.05, 3.63) is 29.8 Å². The van der Waals surface area contributed by atoms with Gasteiger partial charge in [-0.15, -0.1) is 0 Å². The molecule has 1 aromatic rings. The van der Waals surface area contributed by atoms with Crippen LogP contribution in [0.3, 0.4) is 0 Å². The summed E-state index contributed by atoms with van der Waals surface area (Å²) in [5, 5.41) is 2.75. The molecule has 2 heteroatoms. The molecule has 2 nitrogen and oxygen atoms in total. The fraction of sp³-hybridized carbons (Fsp3) is 0.300. The summed E-state index contributed by atoms with van der Waals surface area (Å²) in [4.78, 5) is 4.17. The van der Waals surface area contributed by atoms with Gasteiger partial charge in [0, 0.05) is 12.6 Å². The van der Waals surface area contributed by atoms with Gasteiger partial charge in [0.1, 0.15) is 0 Å². The summed E-state index contributed by atoms with van der Waals surface area (Å²) in [6, 6.07) is 8.22. The standard InChI is InChI=1S/C8H7N.C2H7N/c1-2-4-8-7(3-1)5-6-9-8;1-3-2/h1-4,6H,5H2;3H,1-2H3. The molecule has 0 saturated carbocycles. The molecule has 0 fully saturated rings. The Morgan fingerprint density at radius 2 is 1.92 bits per heavy atom. The first-order valence-electron chi connectivity index (χ1n) is 4.07. The number of nitrogens with one attached hydrogen (secondary N) is 1. The minimum atomic E-state index is 1.01. The molecule has 0 aromatic heterocycles. The average Bonchev–Trinajstić information content (AvgIpc) is 2.52. The predicted molar refractivity (Wildman–Crippen MR) is 53.3 cm³/mol. The lowest BCUT2D eigenvalue weighted by Gasteiger charge is -1.91. The largest absolute Gasteiger partial charge is 0.323 e. The molecule has 0 radical (unpaired) electrons. The molecule has 1 aromatic carbocycles. The molecule has 0 atom stereocenters. The highest BCUT2D eigenvalue weighted by atomic mass is 14.7. The molecule has 1 aliphatic rings. The molecule has 2 rings (SSSR count). The van der Waals surface area contributed by atoms with Crippen molar-refractivity contribution in [2.45, 2.75) is 6.42 Å². The van der Waals surface area contributed by atoms with Crippen molar-refractivity contribution in [2.75, 3.05) is 14.1 Å². The van der Waals surface area contributed by atoms with Crippen molar-refractivity contribution >= 4 is 11.9 Å². The number of hydrogen-bond donors (Lipinski definition) is 1. The number of benzene rings is 1. The first-order chi connectivity index (χ1) is 5.88. The molecule has 0 aliphatic carbocycles. The van der Waals surface area contributed by atoms with Crippen LogP contribution >= 0.6 is 0 Å². The smallest absolute Gasteiger partial charge is 0.0661 e. The average molecular weight is 162 g/mol. The lowest BCUT2D eigenvalue weighted by atomic mass is 10.2. The van der Waals surface area contributed by atoms with Crippen LogP contribution in [0.25, 0.3) is 0 Å². The van der Waals surface area contributed by atoms with Crippen LogP contribution in [0.15, 0.2) is 29.3 Å². The number of rotatable bonds is 0. The minimum absolute atomic E-state index is 1.01. The summed E-state index contributed by atoms with van der Waals surface area (Å²) in [7, 11) is 3.75. The number of nitrogens with zero attached hydrogens (tertiary/aromatic N) is 1. The van der Waals surface area contributed by atoms with Crippen molar-refractivity contribution in [3.63, 3.8) is 0 Å². The highest BCUT2D eigenvalue weighted by Gasteiger charge is 2.01. The van der Waals surface area contributed by atoms with E-state index in [1.54, 1.807) is 0 Å². The van der Waals surface area contributed by atoms with Gasteiger partial charge in [0.25, 0.3) is 0 Å². The molecular weight excluding hydrogens is 148 g/mol. The van der Waals surface area contributed by atoms with Gasteiger partial charge < -0.3 is 5.32 Å². The van der Waals surface area contributed by atoms with Gasteiger partial charge in [0.15, 0.2) is 0 Å². The van der Waals surface area contributed by atoms with Crippen LogP contribution in [-0.2, 0) is 6.42 Å². The Bertz CT molecular complexity index is 266. The summed E-state index contributed by atoms with van der Waals surface area (Å²) in [5.41, 5.74) is 2.48. The quantitative estimate of drug-likeness (QED) is 0.618. The zero-order valence-electron chi connectivity index (χ0n) is 7.54. The summed E-state index contributed by atoms with van der Waals surface area (Å²) in [5.74, 6) is 0. The van der Waals surface area contributed by atoms with Crippen LogP contribution in [0, 0.1) is 0 Å². The van der Waals surface area contributed by atoms with E-state index in [2.05, 4.69) is 16.4 Å². The third-order valence-corrected chi connectivity index (χ3v) is 1.53. The lowest BCUT2D eigenvalue weighted by Crippen LogP contribution is -1.89. The van der Waals surface area contributed by atoms with E-state index in [1.807, 2.05) is 38.5 Å². The van der Waals surface area contributed by atoms with E-state index in [-0.39, 0.29) is 0 Å². The first kappa shape index (κ1) is 8.94. The number of para-hydroxylation sites is 1. The fourth-order valence-electron chi connectivity index (χ4n) is 1.05. The highest BCUT2D eigenvalue weighted by molar-refractivity contribution is 5.75. The topological polar surface area (TPSA) is 24.4 Å². The summed E-state index contributed by atoms with van der Waals surface area (Å²) in [6.45, 7) is 0. The van der Waals surface area contributed by atoms with Crippen LogP contribution in [0.5, 0.6) is 0 Å². The Labute approximate surface area is 73.3 Å². The maximum Gasteiger partial charge on any atom is 0.0661 e. The Balaban J connectivity index is 0.000000213. The molecule has 0 bridgehead atoms. The number of fused-ring (bicyclic) bond motifs is 1. The summed E-state index contributed by atoms with van der Waals surface area (Å²) >= 11 is 0. The first-order valence-corrected chi connectivity index (χ1v) is 4.07. The van der Waals surface area contributed by atoms with E-state index in [0.717, 1.165) is 12.1 Å². The third kappa shape index (κ3) is 2.17. The molecule has 1 N–H and O–H groups in total. The van der Waals surface area contributed by atoms with Gasteiger partial charge in [-0.3, -0.25) is 4.99 Å². The zero-order valence-corrected chi connectivity index (χ0v) is 7.54. The SMILES string of the molecule is C1=Nc2ccccc2C1.CNC. The lowest BCUT2D eigenvalue weighted by molar-refractivity contribution is 1.02. The van der Waals surface area contributed by atoms with Crippen molar-refractivity contribution in [1.29, 1.82) is 0 Å². The second-order valence-corrected chi connectivity index (χ2v) is 2.64. The van der Waals surface area contributed by atoms with Gasteiger partial charge in [0.05, 0.1) is 5.69 Å². The van der Waals surface area contributed by atoms with Crippen LogP contribution < -0.4 is 5.32 Å². The van der Waals surface area contributed by atoms with Gasteiger partial charge in [-0.2, -0.15) is 0 Å². The molecule has 12 heavy (non-hydrogen) atoms. The van der Waals surface area contributed by atoms with Crippen molar-refractivity contribution in [1.82, 2.24) is 5.32 Å². The van der Waals surface area contributed by atoms with E-state index < -0.39 is 0 Å². The molecular formula is C10H14N2. The Morgan fingerprint density at radius 1 is 1.25 bits per heavy atom. The summed E-state index contributed by atoms with van der Waals surface area (Å²) in [6.07, 6.45) is 2.96. The van der Waals surface area contributed by atoms with E-state index in [9.17, 15) is 0 Å². The van der Waals surface area contributed by atoms with Crippen molar-refractivity contribution in [3.8, 4) is 0 Å². The van der Waals surface area contributed by atoms with E-state index >= 15 is 0 Å². The molecule has 0 saturated heterocycles. The van der Waals surface area contributed by atoms with E-state index in [0.29, 0.717) is 0 Å². The number of aliphatic imine (C=N–C) groups is 1. The second-order valence-electron chi connectivity index (χ2n) is 2.64. The number of hydrogen-bond acceptors (Lipinski definition) is 2. The molecule has 1 aliphatic heterocycles. The van der Waals surface area contributed by atoms with Gasteiger partial charge in [-0.1, -0.05) is 18.2 Å². The summed E-state index contributed by atoms with van der Waals surface area (Å²) < 4.78 is 0. The Morgan fingerprint density at radius 3 is 2.58 bits per heavy atom. The fourth-order valence-corrected chi connectivity index (χ4v) is 1.05. The van der Waals surface area contributed by atoms with Gasteiger partial charge in [0.2, 0.25) is 0 Å². The van der Waals surface area contributed by atoms with Crippen LogP contribution in [-0.4, -0.2) is 20.3 Å². The van der Waals surface area contributed by atoms with Crippen molar-refractivity contribution < 1.29 is 0 Å². The van der Waals surface area contributed by atoms with Crippen molar-refractivity contribution in [2.24, 2.45) is 4.99 Å². The Kier molecular flexibility index (Phi) is 3.48. The Hall–Kier alpha value is -1.15. The van der Waals surface area contributed by atoms with Gasteiger partial charge in [-0.25, -0.2) is 0 Å². The monoisotopic (exact) mass is 162 g/mol. The third-order valence-electron chi connectivity index (χ3n) is 1.53. The van der Waals surface area contributed by atoms with Gasteiger partial charge >= 0.3 is 0 Å². The maximum atomic E-state index is 4.17. The molecule has 0 unspecified atom stereocenters. The van der Waals surface area contributed by atoms with Crippen LogP contribution in [0.4, 0.5) is 5.69 Å². The second kappa shape index (κ2) is 4.67. The van der Waals surface area contributed by atoms with Gasteiger partial charge in [-0.05, 0) is 25.7 Å². The van der Waals surface area contributed by atoms with Crippen LogP contribution in [0.1, 0.15) is 5.56 Å². The highest BCUT2D eigenvalue weighted by Crippen LogP contribution is 2.22. The van der Waals surface area contributed by atoms with Crippen LogP contribution in [0.2, 0.25) is 0 Å². The molecule has 1 heterocycles.